The van der Waals surface area contributed by atoms with Gasteiger partial charge in [-0.3, -0.25) is 4.79 Å². The van der Waals surface area contributed by atoms with Gasteiger partial charge in [-0.05, 0) is 19.1 Å². The minimum absolute atomic E-state index is 0.332. The molecule has 0 spiro atoms. The monoisotopic (exact) mass is 298 g/mol. The normalized spacial score (nSPS) is 12.1. The number of para-hydroxylation sites is 1. The van der Waals surface area contributed by atoms with Gasteiger partial charge in [-0.25, -0.2) is 4.39 Å². The number of nitrogens with one attached hydrogen (secondary N) is 1. The van der Waals surface area contributed by atoms with E-state index in [4.69, 9.17) is 5.73 Å². The first-order valence-corrected chi connectivity index (χ1v) is 7.07. The summed E-state index contributed by atoms with van der Waals surface area (Å²) in [6.45, 7) is 1.69. The second-order valence-electron chi connectivity index (χ2n) is 3.64. The Labute approximate surface area is 117 Å². The highest BCUT2D eigenvalue weighted by atomic mass is 32.2. The van der Waals surface area contributed by atoms with Crippen LogP contribution in [0.15, 0.2) is 28.6 Å². The molecule has 1 atom stereocenters. The molecule has 0 aliphatic carbocycles. The van der Waals surface area contributed by atoms with Crippen molar-refractivity contribution in [1.82, 2.24) is 10.2 Å². The number of rotatable bonds is 5. The van der Waals surface area contributed by atoms with Gasteiger partial charge in [-0.15, -0.1) is 10.2 Å². The molecule has 0 fully saturated rings. The lowest BCUT2D eigenvalue weighted by atomic mass is 10.3. The van der Waals surface area contributed by atoms with E-state index in [2.05, 4.69) is 15.5 Å². The summed E-state index contributed by atoms with van der Waals surface area (Å²) in [6.07, 6.45) is 0. The van der Waals surface area contributed by atoms with Crippen LogP contribution in [0.4, 0.5) is 15.2 Å². The third kappa shape index (κ3) is 3.65. The summed E-state index contributed by atoms with van der Waals surface area (Å²) < 4.78 is 14.0. The molecule has 0 bridgehead atoms. The number of primary amides is 1. The average Bonchev–Trinajstić information content (AvgIpc) is 2.79. The maximum atomic E-state index is 13.4. The third-order valence-corrected chi connectivity index (χ3v) is 4.24. The molecule has 1 heterocycles. The molecule has 1 amide bonds. The Morgan fingerprint density at radius 3 is 2.89 bits per heavy atom. The van der Waals surface area contributed by atoms with Crippen LogP contribution in [0.5, 0.6) is 0 Å². The molecule has 8 heteroatoms. The zero-order valence-corrected chi connectivity index (χ0v) is 11.6. The lowest BCUT2D eigenvalue weighted by Crippen LogP contribution is -2.22. The second kappa shape index (κ2) is 5.98. The number of nitrogens with zero attached hydrogens (tertiary/aromatic N) is 2. The maximum absolute atomic E-state index is 13.4. The Morgan fingerprint density at radius 1 is 1.47 bits per heavy atom. The van der Waals surface area contributed by atoms with Gasteiger partial charge in [0.05, 0.1) is 10.9 Å². The Bertz CT molecular complexity index is 590. The Hall–Kier alpha value is -1.67. The van der Waals surface area contributed by atoms with E-state index in [1.807, 2.05) is 0 Å². The number of anilines is 2. The predicted octanol–water partition coefficient (Wildman–Crippen LogP) is 2.39. The summed E-state index contributed by atoms with van der Waals surface area (Å²) in [5.74, 6) is -0.777. The number of nitrogens with two attached hydrogens (primary N) is 1. The summed E-state index contributed by atoms with van der Waals surface area (Å²) >= 11 is 2.46. The van der Waals surface area contributed by atoms with Gasteiger partial charge in [0.15, 0.2) is 4.34 Å². The maximum Gasteiger partial charge on any atom is 0.230 e. The number of amides is 1. The van der Waals surface area contributed by atoms with E-state index < -0.39 is 5.91 Å². The summed E-state index contributed by atoms with van der Waals surface area (Å²) in [4.78, 5) is 10.9. The molecule has 0 radical (unpaired) electrons. The molecule has 0 aliphatic heterocycles. The van der Waals surface area contributed by atoms with E-state index >= 15 is 0 Å². The highest BCUT2D eigenvalue weighted by Gasteiger charge is 2.14. The van der Waals surface area contributed by atoms with Crippen LogP contribution < -0.4 is 11.1 Å². The van der Waals surface area contributed by atoms with Gasteiger partial charge < -0.3 is 11.1 Å². The number of hydrogen-bond acceptors (Lipinski definition) is 6. The molecule has 0 saturated heterocycles. The van der Waals surface area contributed by atoms with Crippen molar-refractivity contribution in [2.75, 3.05) is 5.32 Å². The minimum Gasteiger partial charge on any atom is -0.369 e. The zero-order chi connectivity index (χ0) is 13.8. The molecule has 2 aromatic rings. The van der Waals surface area contributed by atoms with Crippen molar-refractivity contribution in [3.05, 3.63) is 30.1 Å². The fraction of sp³-hybridized carbons (Fsp3) is 0.182. The van der Waals surface area contributed by atoms with E-state index in [-0.39, 0.29) is 11.1 Å². The van der Waals surface area contributed by atoms with Crippen molar-refractivity contribution < 1.29 is 9.18 Å². The highest BCUT2D eigenvalue weighted by molar-refractivity contribution is 8.02. The van der Waals surface area contributed by atoms with Gasteiger partial charge in [-0.1, -0.05) is 35.2 Å². The smallest absolute Gasteiger partial charge is 0.230 e. The predicted molar refractivity (Wildman–Crippen MR) is 74.1 cm³/mol. The molecule has 2 rings (SSSR count). The number of thioether (sulfide) groups is 1. The Balaban J connectivity index is 2.06. The first kappa shape index (κ1) is 13.8. The van der Waals surface area contributed by atoms with Gasteiger partial charge in [0.25, 0.3) is 0 Å². The van der Waals surface area contributed by atoms with Gasteiger partial charge in [0.1, 0.15) is 5.82 Å². The molecule has 1 aromatic heterocycles. The molecule has 5 nitrogen and oxygen atoms in total. The SMILES string of the molecule is C[C@@H](Sc1nnc(Nc2ccccc2F)s1)C(N)=O. The largest absolute Gasteiger partial charge is 0.369 e. The molecule has 0 unspecified atom stereocenters. The number of halogens is 1. The van der Waals surface area contributed by atoms with Crippen molar-refractivity contribution in [3.8, 4) is 0 Å². The van der Waals surface area contributed by atoms with E-state index in [1.165, 1.54) is 29.2 Å². The van der Waals surface area contributed by atoms with E-state index in [1.54, 1.807) is 25.1 Å². The van der Waals surface area contributed by atoms with Crippen LogP contribution in [0, 0.1) is 5.82 Å². The summed E-state index contributed by atoms with van der Waals surface area (Å²) in [5.41, 5.74) is 5.50. The zero-order valence-electron chi connectivity index (χ0n) is 9.96. The van der Waals surface area contributed by atoms with Crippen molar-refractivity contribution >= 4 is 39.8 Å². The fourth-order valence-electron chi connectivity index (χ4n) is 1.19. The van der Waals surface area contributed by atoms with Gasteiger partial charge in [0.2, 0.25) is 11.0 Å². The van der Waals surface area contributed by atoms with Crippen LogP contribution >= 0.6 is 23.1 Å². The van der Waals surface area contributed by atoms with Gasteiger partial charge in [-0.2, -0.15) is 0 Å². The third-order valence-electron chi connectivity index (χ3n) is 2.20. The lowest BCUT2D eigenvalue weighted by Gasteiger charge is -2.02. The molecule has 3 N–H and O–H groups in total. The molecular formula is C11H11FN4OS2. The van der Waals surface area contributed by atoms with Crippen LogP contribution in [-0.2, 0) is 4.79 Å². The highest BCUT2D eigenvalue weighted by Crippen LogP contribution is 2.30. The molecule has 0 saturated carbocycles. The molecule has 0 aliphatic rings. The number of aromatic nitrogens is 2. The van der Waals surface area contributed by atoms with E-state index in [0.717, 1.165) is 0 Å². The van der Waals surface area contributed by atoms with Crippen molar-refractivity contribution in [2.45, 2.75) is 16.5 Å². The quantitative estimate of drug-likeness (QED) is 0.828. The molecule has 100 valence electrons. The number of benzene rings is 1. The van der Waals surface area contributed by atoms with Crippen molar-refractivity contribution in [1.29, 1.82) is 0 Å². The number of carbonyl (C=O) groups excluding carboxylic acids is 1. The number of carbonyl (C=O) groups is 1. The van der Waals surface area contributed by atoms with Crippen LogP contribution in [0.25, 0.3) is 0 Å². The number of hydrogen-bond donors (Lipinski definition) is 2. The first-order valence-electron chi connectivity index (χ1n) is 5.37. The van der Waals surface area contributed by atoms with E-state index in [9.17, 15) is 9.18 Å². The Kier molecular flexibility index (Phi) is 4.33. The van der Waals surface area contributed by atoms with Crippen LogP contribution in [0.1, 0.15) is 6.92 Å². The van der Waals surface area contributed by atoms with Crippen LogP contribution in [-0.4, -0.2) is 21.4 Å². The Morgan fingerprint density at radius 2 is 2.21 bits per heavy atom. The topological polar surface area (TPSA) is 80.9 Å². The van der Waals surface area contributed by atoms with E-state index in [0.29, 0.717) is 15.2 Å². The minimum atomic E-state index is -0.413. The summed E-state index contributed by atoms with van der Waals surface area (Å²) in [5, 5.41) is 10.7. The van der Waals surface area contributed by atoms with Crippen molar-refractivity contribution in [2.24, 2.45) is 5.73 Å². The molecule has 1 aromatic carbocycles. The standard InChI is InChI=1S/C11H11FN4OS2/c1-6(9(13)17)18-11-16-15-10(19-11)14-8-5-3-2-4-7(8)12/h2-6H,1H3,(H2,13,17)(H,14,15)/t6-/m1/s1. The molecular weight excluding hydrogens is 287 g/mol. The lowest BCUT2D eigenvalue weighted by molar-refractivity contribution is -0.117. The van der Waals surface area contributed by atoms with Gasteiger partial charge in [0, 0.05) is 0 Å². The van der Waals surface area contributed by atoms with Gasteiger partial charge >= 0.3 is 0 Å². The average molecular weight is 298 g/mol. The summed E-state index contributed by atoms with van der Waals surface area (Å²) in [6, 6.07) is 6.29. The fourth-order valence-corrected chi connectivity index (χ4v) is 3.05. The second-order valence-corrected chi connectivity index (χ2v) is 6.21. The van der Waals surface area contributed by atoms with Crippen LogP contribution in [0.3, 0.4) is 0 Å². The summed E-state index contributed by atoms with van der Waals surface area (Å²) in [7, 11) is 0. The van der Waals surface area contributed by atoms with Crippen molar-refractivity contribution in [3.63, 3.8) is 0 Å². The van der Waals surface area contributed by atoms with Crippen LogP contribution in [0.2, 0.25) is 0 Å². The first-order chi connectivity index (χ1) is 9.06. The molecule has 19 heavy (non-hydrogen) atoms.